The quantitative estimate of drug-likeness (QED) is 0.525. The minimum Gasteiger partial charge on any atom is -0.457 e. The molecule has 0 radical (unpaired) electrons. The van der Waals surface area contributed by atoms with Gasteiger partial charge < -0.3 is 9.84 Å². The summed E-state index contributed by atoms with van der Waals surface area (Å²) in [6, 6.07) is 0. The van der Waals surface area contributed by atoms with E-state index in [9.17, 15) is 9.90 Å². The third-order valence-corrected chi connectivity index (χ3v) is 3.33. The van der Waals surface area contributed by atoms with Gasteiger partial charge in [0.25, 0.3) is 0 Å². The molecule has 0 spiro atoms. The minimum atomic E-state index is -1.02. The Labute approximate surface area is 106 Å². The van der Waals surface area contributed by atoms with E-state index in [2.05, 4.69) is 6.92 Å². The third-order valence-electron chi connectivity index (χ3n) is 3.33. The lowest BCUT2D eigenvalue weighted by atomic mass is 9.89. The van der Waals surface area contributed by atoms with Crippen LogP contribution in [0.15, 0.2) is 0 Å². The summed E-state index contributed by atoms with van der Waals surface area (Å²) in [4.78, 5) is 11.6. The molecule has 102 valence electrons. The maximum absolute atomic E-state index is 11.6. The van der Waals surface area contributed by atoms with E-state index in [1.165, 1.54) is 19.3 Å². The number of aliphatic hydroxyl groups is 1. The molecular weight excluding hydrogens is 216 g/mol. The molecule has 0 rings (SSSR count). The van der Waals surface area contributed by atoms with Crippen molar-refractivity contribution >= 4 is 5.97 Å². The maximum Gasteiger partial charge on any atom is 0.306 e. The van der Waals surface area contributed by atoms with Crippen LogP contribution in [0.25, 0.3) is 0 Å². The van der Waals surface area contributed by atoms with Crippen LogP contribution in [0.4, 0.5) is 0 Å². The fourth-order valence-corrected chi connectivity index (χ4v) is 1.33. The minimum absolute atomic E-state index is 0.214. The molecule has 0 aromatic heterocycles. The van der Waals surface area contributed by atoms with E-state index in [4.69, 9.17) is 4.74 Å². The van der Waals surface area contributed by atoms with Gasteiger partial charge in [0.2, 0.25) is 0 Å². The van der Waals surface area contributed by atoms with Gasteiger partial charge in [-0.2, -0.15) is 0 Å². The number of hydrogen-bond acceptors (Lipinski definition) is 3. The summed E-state index contributed by atoms with van der Waals surface area (Å²) in [5, 5.41) is 9.86. The zero-order chi connectivity index (χ0) is 13.5. The van der Waals surface area contributed by atoms with E-state index < -0.39 is 11.2 Å². The lowest BCUT2D eigenvalue weighted by Gasteiger charge is -2.36. The zero-order valence-electron chi connectivity index (χ0n) is 12.0. The van der Waals surface area contributed by atoms with Crippen LogP contribution in [0.3, 0.4) is 0 Å². The van der Waals surface area contributed by atoms with Crippen molar-refractivity contribution in [2.24, 2.45) is 0 Å². The Morgan fingerprint density at radius 2 is 1.59 bits per heavy atom. The second kappa shape index (κ2) is 7.00. The molecule has 17 heavy (non-hydrogen) atoms. The van der Waals surface area contributed by atoms with Crippen LogP contribution in [0.2, 0.25) is 0 Å². The van der Waals surface area contributed by atoms with Crippen LogP contribution in [-0.4, -0.2) is 22.3 Å². The third kappa shape index (κ3) is 6.67. The maximum atomic E-state index is 11.6. The van der Waals surface area contributed by atoms with Crippen LogP contribution in [0, 0.1) is 0 Å². The van der Waals surface area contributed by atoms with Crippen molar-refractivity contribution in [3.63, 3.8) is 0 Å². The summed E-state index contributed by atoms with van der Waals surface area (Å²) in [5.41, 5.74) is -1.86. The molecule has 0 aromatic carbocycles. The summed E-state index contributed by atoms with van der Waals surface area (Å²) in [7, 11) is 0. The normalized spacial score (nSPS) is 12.6. The number of unbranched alkanes of at least 4 members (excludes halogenated alkanes) is 4. The highest BCUT2D eigenvalue weighted by atomic mass is 16.6. The Morgan fingerprint density at radius 3 is 2.06 bits per heavy atom. The first kappa shape index (κ1) is 16.4. The number of carbonyl (C=O) groups is 1. The van der Waals surface area contributed by atoms with Crippen LogP contribution >= 0.6 is 0 Å². The SMILES string of the molecule is CCCCCCCC(=O)OC(C)(C)C(C)(C)O. The lowest BCUT2D eigenvalue weighted by molar-refractivity contribution is -0.180. The second-order valence-electron chi connectivity index (χ2n) is 5.71. The van der Waals surface area contributed by atoms with Gasteiger partial charge in [-0.3, -0.25) is 4.79 Å². The van der Waals surface area contributed by atoms with Gasteiger partial charge in [-0.25, -0.2) is 0 Å². The summed E-state index contributed by atoms with van der Waals surface area (Å²) in [6.45, 7) is 8.95. The van der Waals surface area contributed by atoms with Gasteiger partial charge >= 0.3 is 5.97 Å². The van der Waals surface area contributed by atoms with E-state index in [-0.39, 0.29) is 5.97 Å². The predicted molar refractivity (Wildman–Crippen MR) is 69.8 cm³/mol. The summed E-state index contributed by atoms with van der Waals surface area (Å²) in [5.74, 6) is -0.214. The molecule has 1 N–H and O–H groups in total. The van der Waals surface area contributed by atoms with Gasteiger partial charge in [-0.15, -0.1) is 0 Å². The smallest absolute Gasteiger partial charge is 0.306 e. The fraction of sp³-hybridized carbons (Fsp3) is 0.929. The summed E-state index contributed by atoms with van der Waals surface area (Å²) in [6.07, 6.45) is 6.01. The van der Waals surface area contributed by atoms with Gasteiger partial charge in [0.15, 0.2) is 0 Å². The van der Waals surface area contributed by atoms with Crippen molar-refractivity contribution in [2.75, 3.05) is 0 Å². The second-order valence-corrected chi connectivity index (χ2v) is 5.71. The van der Waals surface area contributed by atoms with Gasteiger partial charge in [0.05, 0.1) is 5.60 Å². The zero-order valence-corrected chi connectivity index (χ0v) is 12.0. The largest absolute Gasteiger partial charge is 0.457 e. The van der Waals surface area contributed by atoms with Gasteiger partial charge in [-0.05, 0) is 34.1 Å². The molecule has 3 nitrogen and oxygen atoms in total. The Morgan fingerprint density at radius 1 is 1.06 bits per heavy atom. The first-order valence-electron chi connectivity index (χ1n) is 6.65. The molecule has 3 heteroatoms. The fourth-order valence-electron chi connectivity index (χ4n) is 1.33. The Balaban J connectivity index is 3.87. The summed E-state index contributed by atoms with van der Waals surface area (Å²) >= 11 is 0. The first-order chi connectivity index (χ1) is 7.70. The molecule has 0 fully saturated rings. The number of carbonyl (C=O) groups excluding carboxylic acids is 1. The molecule has 0 atom stereocenters. The molecule has 0 aromatic rings. The molecule has 0 amide bonds. The monoisotopic (exact) mass is 244 g/mol. The number of esters is 1. The van der Waals surface area contributed by atoms with Crippen molar-refractivity contribution in [3.8, 4) is 0 Å². The van der Waals surface area contributed by atoms with E-state index >= 15 is 0 Å². The first-order valence-corrected chi connectivity index (χ1v) is 6.65. The average Bonchev–Trinajstić information content (AvgIpc) is 2.14. The molecule has 0 saturated heterocycles. The summed E-state index contributed by atoms with van der Waals surface area (Å²) < 4.78 is 5.32. The Bertz CT molecular complexity index is 226. The molecule has 0 unspecified atom stereocenters. The van der Waals surface area contributed by atoms with Crippen LogP contribution in [-0.2, 0) is 9.53 Å². The molecule has 0 heterocycles. The van der Waals surface area contributed by atoms with Crippen molar-refractivity contribution < 1.29 is 14.6 Å². The van der Waals surface area contributed by atoms with Crippen molar-refractivity contribution in [1.82, 2.24) is 0 Å². The van der Waals surface area contributed by atoms with Gasteiger partial charge in [0.1, 0.15) is 5.60 Å². The van der Waals surface area contributed by atoms with Crippen LogP contribution in [0.1, 0.15) is 73.1 Å². The highest BCUT2D eigenvalue weighted by molar-refractivity contribution is 5.69. The number of hydrogen-bond donors (Lipinski definition) is 1. The molecular formula is C14H28O3. The molecule has 0 aliphatic carbocycles. The predicted octanol–water partition coefficient (Wildman–Crippen LogP) is 3.44. The van der Waals surface area contributed by atoms with Crippen molar-refractivity contribution in [2.45, 2.75) is 84.3 Å². The van der Waals surface area contributed by atoms with Crippen LogP contribution in [0.5, 0.6) is 0 Å². The number of rotatable bonds is 8. The van der Waals surface area contributed by atoms with Gasteiger partial charge in [0, 0.05) is 6.42 Å². The molecule has 0 bridgehead atoms. The standard InChI is InChI=1S/C14H28O3/c1-6-7-8-9-10-11-12(15)17-14(4,5)13(2,3)16/h16H,6-11H2,1-5H3. The lowest BCUT2D eigenvalue weighted by Crippen LogP contribution is -2.48. The van der Waals surface area contributed by atoms with E-state index in [0.29, 0.717) is 6.42 Å². The van der Waals surface area contributed by atoms with Crippen LogP contribution < -0.4 is 0 Å². The topological polar surface area (TPSA) is 46.5 Å². The average molecular weight is 244 g/mol. The Kier molecular flexibility index (Phi) is 6.76. The van der Waals surface area contributed by atoms with Crippen molar-refractivity contribution in [1.29, 1.82) is 0 Å². The molecule has 0 saturated carbocycles. The highest BCUT2D eigenvalue weighted by Gasteiger charge is 2.38. The molecule has 0 aliphatic rings. The van der Waals surface area contributed by atoms with Gasteiger partial charge in [-0.1, -0.05) is 32.6 Å². The molecule has 0 aliphatic heterocycles. The van der Waals surface area contributed by atoms with E-state index in [1.54, 1.807) is 27.7 Å². The van der Waals surface area contributed by atoms with E-state index in [0.717, 1.165) is 12.8 Å². The Hall–Kier alpha value is -0.570. The highest BCUT2D eigenvalue weighted by Crippen LogP contribution is 2.25. The van der Waals surface area contributed by atoms with E-state index in [1.807, 2.05) is 0 Å². The number of ether oxygens (including phenoxy) is 1. The van der Waals surface area contributed by atoms with Crippen molar-refractivity contribution in [3.05, 3.63) is 0 Å².